The maximum absolute atomic E-state index is 16.7. The van der Waals surface area contributed by atoms with Gasteiger partial charge in [0.2, 0.25) is 0 Å². The minimum absolute atomic E-state index is 0.266. The first kappa shape index (κ1) is 27.6. The van der Waals surface area contributed by atoms with E-state index in [4.69, 9.17) is 15.7 Å². The molecule has 0 saturated carbocycles. The smallest absolute Gasteiger partial charge is 0.255 e. The molecule has 2 aromatic heterocycles. The van der Waals surface area contributed by atoms with Crippen molar-refractivity contribution in [2.24, 2.45) is 10.7 Å². The highest BCUT2D eigenvalue weighted by atomic mass is 19.1. The number of imidazole rings is 1. The lowest BCUT2D eigenvalue weighted by atomic mass is 9.97. The Morgan fingerprint density at radius 3 is 2.68 bits per heavy atom. The summed E-state index contributed by atoms with van der Waals surface area (Å²) in [5.41, 5.74) is 13.3. The number of aromatic nitrogens is 3. The fraction of sp³-hybridized carbons (Fsp3) is 0.235. The number of pyridine rings is 1. The third kappa shape index (κ3) is 5.12. The van der Waals surface area contributed by atoms with Gasteiger partial charge in [0.15, 0.2) is 5.82 Å². The van der Waals surface area contributed by atoms with E-state index in [0.717, 1.165) is 54.4 Å². The Morgan fingerprint density at radius 1 is 1.05 bits per heavy atom. The molecule has 3 aliphatic rings. The zero-order valence-corrected chi connectivity index (χ0v) is 24.5. The van der Waals surface area contributed by atoms with E-state index in [9.17, 15) is 4.79 Å². The third-order valence-corrected chi connectivity index (χ3v) is 8.33. The average Bonchev–Trinajstić information content (AvgIpc) is 3.38. The molecule has 0 bridgehead atoms. The summed E-state index contributed by atoms with van der Waals surface area (Å²) in [6.07, 6.45) is 11.2. The first-order valence-electron chi connectivity index (χ1n) is 14.9. The second kappa shape index (κ2) is 11.4. The number of nitrogens with two attached hydrogens (primary N) is 1. The number of benzene rings is 2. The molecule has 1 amide bonds. The number of piperidine rings is 1. The second-order valence-electron chi connectivity index (χ2n) is 11.4. The molecule has 4 heterocycles. The number of fused-ring (bicyclic) bond motifs is 2. The lowest BCUT2D eigenvalue weighted by Crippen LogP contribution is -2.29. The van der Waals surface area contributed by atoms with Crippen molar-refractivity contribution in [3.63, 3.8) is 0 Å². The SMILES string of the molecule is CN1CN=C(c2nc3c([nH]2)CC(N)=CC=C3N2CCCCC2)c2c1ccc(-c1cncc(NC(=O)c3ccccc3)c1)c2F. The fourth-order valence-electron chi connectivity index (χ4n) is 6.09. The molecule has 4 N–H and O–H groups in total. The van der Waals surface area contributed by atoms with Gasteiger partial charge in [0.25, 0.3) is 5.91 Å². The number of halogens is 1. The van der Waals surface area contributed by atoms with Gasteiger partial charge >= 0.3 is 0 Å². The highest BCUT2D eigenvalue weighted by Crippen LogP contribution is 2.36. The quantitative estimate of drug-likeness (QED) is 0.290. The topological polar surface area (TPSA) is 116 Å². The van der Waals surface area contributed by atoms with Gasteiger partial charge < -0.3 is 25.8 Å². The number of carbonyl (C=O) groups is 1. The molecular formula is C34H33FN8O. The van der Waals surface area contributed by atoms with E-state index in [-0.39, 0.29) is 5.91 Å². The first-order chi connectivity index (χ1) is 21.5. The highest BCUT2D eigenvalue weighted by Gasteiger charge is 2.30. The van der Waals surface area contributed by atoms with Crippen LogP contribution in [-0.4, -0.2) is 58.3 Å². The van der Waals surface area contributed by atoms with Crippen LogP contribution in [0.2, 0.25) is 0 Å². The Balaban J connectivity index is 1.25. The van der Waals surface area contributed by atoms with Crippen LogP contribution in [0.15, 0.2) is 83.8 Å². The lowest BCUT2D eigenvalue weighted by Gasteiger charge is -2.30. The number of H-pyrrole nitrogens is 1. The van der Waals surface area contributed by atoms with E-state index in [2.05, 4.69) is 26.3 Å². The predicted octanol–water partition coefficient (Wildman–Crippen LogP) is 5.33. The van der Waals surface area contributed by atoms with Gasteiger partial charge in [-0.2, -0.15) is 0 Å². The van der Waals surface area contributed by atoms with Crippen molar-refractivity contribution in [1.82, 2.24) is 19.9 Å². The summed E-state index contributed by atoms with van der Waals surface area (Å²) in [5, 5.41) is 2.86. The van der Waals surface area contributed by atoms with Gasteiger partial charge in [-0.1, -0.05) is 18.2 Å². The van der Waals surface area contributed by atoms with Crippen LogP contribution in [-0.2, 0) is 6.42 Å². The maximum atomic E-state index is 16.7. The molecule has 222 valence electrons. The summed E-state index contributed by atoms with van der Waals surface area (Å²) in [7, 11) is 1.89. The van der Waals surface area contributed by atoms with Gasteiger partial charge in [0.1, 0.15) is 23.9 Å². The van der Waals surface area contributed by atoms with E-state index < -0.39 is 5.82 Å². The molecule has 2 aliphatic heterocycles. The number of likely N-dealkylation sites (tertiary alicyclic amines) is 1. The van der Waals surface area contributed by atoms with Crippen molar-refractivity contribution >= 4 is 28.7 Å². The Bertz CT molecular complexity index is 1840. The standard InChI is InChI=1S/C34H33FN8O/c1-42-20-38-32(33-40-26-17-23(36)10-12-28(31(26)41-33)43-14-6-3-7-15-43)29-27(42)13-11-25(30(29)35)22-16-24(19-37-18-22)39-34(44)21-8-4-2-5-9-21/h2,4-5,8-13,16,18-19H,3,6-7,14-15,17,20,36H2,1H3,(H,39,44)(H,40,41). The Kier molecular flexibility index (Phi) is 7.17. The van der Waals surface area contributed by atoms with E-state index >= 15 is 4.39 Å². The molecule has 1 aliphatic carbocycles. The largest absolute Gasteiger partial charge is 0.402 e. The first-order valence-corrected chi connectivity index (χ1v) is 14.9. The number of carbonyl (C=O) groups excluding carboxylic acids is 1. The van der Waals surface area contributed by atoms with Gasteiger partial charge in [-0.15, -0.1) is 0 Å². The van der Waals surface area contributed by atoms with Crippen molar-refractivity contribution in [1.29, 1.82) is 0 Å². The number of hydrogen-bond acceptors (Lipinski definition) is 7. The number of allylic oxidation sites excluding steroid dienone is 3. The van der Waals surface area contributed by atoms with Crippen LogP contribution in [0.1, 0.15) is 52.4 Å². The minimum Gasteiger partial charge on any atom is -0.402 e. The molecule has 4 aromatic rings. The van der Waals surface area contributed by atoms with E-state index in [1.165, 1.54) is 6.42 Å². The number of amides is 1. The van der Waals surface area contributed by atoms with Crippen LogP contribution in [0.25, 0.3) is 16.8 Å². The van der Waals surface area contributed by atoms with Crippen LogP contribution < -0.4 is 16.0 Å². The summed E-state index contributed by atoms with van der Waals surface area (Å²) < 4.78 is 16.7. The molecule has 0 atom stereocenters. The third-order valence-electron chi connectivity index (χ3n) is 8.33. The molecule has 1 saturated heterocycles. The maximum Gasteiger partial charge on any atom is 0.255 e. The molecule has 2 aromatic carbocycles. The van der Waals surface area contributed by atoms with Crippen LogP contribution in [0.5, 0.6) is 0 Å². The normalized spacial score (nSPS) is 16.3. The van der Waals surface area contributed by atoms with Gasteiger partial charge in [-0.25, -0.2) is 9.37 Å². The summed E-state index contributed by atoms with van der Waals surface area (Å²) in [6, 6.07) is 14.3. The molecular weight excluding hydrogens is 555 g/mol. The Hall–Kier alpha value is -5.25. The Morgan fingerprint density at radius 2 is 1.86 bits per heavy atom. The molecule has 44 heavy (non-hydrogen) atoms. The summed E-state index contributed by atoms with van der Waals surface area (Å²) >= 11 is 0. The highest BCUT2D eigenvalue weighted by molar-refractivity contribution is 6.16. The number of aromatic amines is 1. The number of anilines is 2. The van der Waals surface area contributed by atoms with Crippen LogP contribution in [0.4, 0.5) is 15.8 Å². The van der Waals surface area contributed by atoms with Gasteiger partial charge in [0, 0.05) is 55.1 Å². The van der Waals surface area contributed by atoms with Crippen molar-refractivity contribution in [3.05, 3.63) is 113 Å². The average molecular weight is 589 g/mol. The summed E-state index contributed by atoms with van der Waals surface area (Å²) in [6.45, 7) is 2.30. The molecule has 0 radical (unpaired) electrons. The van der Waals surface area contributed by atoms with E-state index in [1.807, 2.05) is 30.2 Å². The molecule has 1 fully saturated rings. The number of aliphatic imine (C=N–C) groups is 1. The monoisotopic (exact) mass is 588 g/mol. The molecule has 7 rings (SSSR count). The number of hydrogen-bond donors (Lipinski definition) is 3. The zero-order valence-electron chi connectivity index (χ0n) is 24.5. The van der Waals surface area contributed by atoms with E-state index in [0.29, 0.717) is 52.6 Å². The van der Waals surface area contributed by atoms with Gasteiger partial charge in [0.05, 0.1) is 34.5 Å². The van der Waals surface area contributed by atoms with Crippen LogP contribution in [0, 0.1) is 5.82 Å². The summed E-state index contributed by atoms with van der Waals surface area (Å²) in [4.78, 5) is 34.6. The van der Waals surface area contributed by atoms with Crippen LogP contribution >= 0.6 is 0 Å². The number of nitrogens with zero attached hydrogens (tertiary/aromatic N) is 5. The molecule has 9 nitrogen and oxygen atoms in total. The van der Waals surface area contributed by atoms with Crippen molar-refractivity contribution < 1.29 is 9.18 Å². The molecule has 0 unspecified atom stereocenters. The van der Waals surface area contributed by atoms with Crippen molar-refractivity contribution in [2.45, 2.75) is 25.7 Å². The molecule has 0 spiro atoms. The van der Waals surface area contributed by atoms with Gasteiger partial charge in [-0.05, 0) is 61.7 Å². The van der Waals surface area contributed by atoms with E-state index in [1.54, 1.807) is 48.8 Å². The molecule has 10 heteroatoms. The van der Waals surface area contributed by atoms with Crippen molar-refractivity contribution in [3.8, 4) is 11.1 Å². The minimum atomic E-state index is -0.432. The lowest BCUT2D eigenvalue weighted by molar-refractivity contribution is 0.102. The van der Waals surface area contributed by atoms with Crippen molar-refractivity contribution in [2.75, 3.05) is 37.0 Å². The van der Waals surface area contributed by atoms with Crippen LogP contribution in [0.3, 0.4) is 0 Å². The number of rotatable bonds is 5. The van der Waals surface area contributed by atoms with Gasteiger partial charge in [-0.3, -0.25) is 14.8 Å². The predicted molar refractivity (Wildman–Crippen MR) is 171 cm³/mol. The summed E-state index contributed by atoms with van der Waals surface area (Å²) in [5.74, 6) is -0.184. The zero-order chi connectivity index (χ0) is 30.2. The number of nitrogens with one attached hydrogen (secondary N) is 2. The second-order valence-corrected chi connectivity index (χ2v) is 11.4. The Labute approximate surface area is 255 Å². The fourth-order valence-corrected chi connectivity index (χ4v) is 6.09.